The van der Waals surface area contributed by atoms with E-state index < -0.39 is 41.4 Å². The van der Waals surface area contributed by atoms with Gasteiger partial charge in [0.2, 0.25) is 11.8 Å². The van der Waals surface area contributed by atoms with Crippen molar-refractivity contribution in [1.29, 1.82) is 0 Å². The minimum atomic E-state index is -1.07. The molecule has 1 aromatic carbocycles. The van der Waals surface area contributed by atoms with Crippen LogP contribution in [0.3, 0.4) is 0 Å². The van der Waals surface area contributed by atoms with E-state index in [-0.39, 0.29) is 37.1 Å². The van der Waals surface area contributed by atoms with Crippen LogP contribution in [0.5, 0.6) is 0 Å². The van der Waals surface area contributed by atoms with Gasteiger partial charge in [-0.1, -0.05) is 37.1 Å². The monoisotopic (exact) mass is 500 g/mol. The predicted octanol–water partition coefficient (Wildman–Crippen LogP) is 3.34. The fraction of sp³-hybridized carbons (Fsp3) is 0.519. The maximum Gasteiger partial charge on any atom is 0.251 e. The molecule has 3 N–H and O–H groups in total. The number of rotatable bonds is 7. The molecule has 0 saturated heterocycles. The first kappa shape index (κ1) is 26.0. The van der Waals surface area contributed by atoms with E-state index in [4.69, 9.17) is 0 Å². The third-order valence-electron chi connectivity index (χ3n) is 7.52. The zero-order valence-electron chi connectivity index (χ0n) is 20.8. The molecule has 1 saturated carbocycles. The number of halogens is 2. The highest BCUT2D eigenvalue weighted by molar-refractivity contribution is 5.95. The summed E-state index contributed by atoms with van der Waals surface area (Å²) in [5, 5.41) is 8.23. The van der Waals surface area contributed by atoms with Gasteiger partial charge in [0, 0.05) is 13.0 Å². The van der Waals surface area contributed by atoms with Crippen molar-refractivity contribution in [3.05, 3.63) is 58.8 Å². The number of fused-ring (bicyclic) bond motifs is 1. The molecule has 1 aliphatic heterocycles. The number of likely N-dealkylation sites (N-methyl/N-ethyl adjacent to an activating group) is 1. The smallest absolute Gasteiger partial charge is 0.251 e. The lowest BCUT2D eigenvalue weighted by Gasteiger charge is -2.39. The summed E-state index contributed by atoms with van der Waals surface area (Å²) in [5.41, 5.74) is 1.06. The fourth-order valence-electron chi connectivity index (χ4n) is 5.35. The molecule has 0 aromatic heterocycles. The van der Waals surface area contributed by atoms with Gasteiger partial charge in [-0.15, -0.1) is 0 Å². The van der Waals surface area contributed by atoms with Crippen LogP contribution in [0.15, 0.2) is 47.7 Å². The number of amides is 3. The van der Waals surface area contributed by atoms with E-state index in [0.29, 0.717) is 12.0 Å². The number of benzene rings is 1. The summed E-state index contributed by atoms with van der Waals surface area (Å²) in [4.78, 5) is 41.8. The SMILES string of the molecule is CN[C@@H](C)C(=O)NC(C(=O)N1CCc2ccccc2C1C(=O)NC1=C(F)CCC=C1F)C1CCCC1. The molecule has 3 aliphatic rings. The number of hydrogen-bond acceptors (Lipinski definition) is 4. The molecule has 7 nitrogen and oxygen atoms in total. The number of carbonyl (C=O) groups excluding carboxylic acids is 3. The first-order valence-corrected chi connectivity index (χ1v) is 12.7. The highest BCUT2D eigenvalue weighted by Crippen LogP contribution is 2.35. The highest BCUT2D eigenvalue weighted by atomic mass is 19.1. The highest BCUT2D eigenvalue weighted by Gasteiger charge is 2.42. The van der Waals surface area contributed by atoms with Gasteiger partial charge in [-0.05, 0) is 62.8 Å². The Morgan fingerprint density at radius 1 is 1.08 bits per heavy atom. The summed E-state index contributed by atoms with van der Waals surface area (Å²) < 4.78 is 28.8. The predicted molar refractivity (Wildman–Crippen MR) is 132 cm³/mol. The van der Waals surface area contributed by atoms with Crippen LogP contribution >= 0.6 is 0 Å². The summed E-state index contributed by atoms with van der Waals surface area (Å²) in [5.74, 6) is -2.88. The van der Waals surface area contributed by atoms with Crippen LogP contribution in [0.2, 0.25) is 0 Å². The molecule has 1 heterocycles. The standard InChI is InChI=1S/C27H34F2N4O3/c1-16(30-2)25(34)31-22(18-9-3-4-10-18)27(36)33-15-14-17-8-5-6-11-19(17)24(33)26(35)32-23-20(28)12-7-13-21(23)29/h5-6,8,11-12,16,18,22,24,30H,3-4,7,9-10,13-15H2,1-2H3,(H,31,34)(H,32,35)/t16-,22?,24?/m0/s1. The second-order valence-corrected chi connectivity index (χ2v) is 9.78. The van der Waals surface area contributed by atoms with Gasteiger partial charge in [0.1, 0.15) is 29.4 Å². The Morgan fingerprint density at radius 2 is 1.81 bits per heavy atom. The molecule has 1 fully saturated rings. The van der Waals surface area contributed by atoms with Gasteiger partial charge in [0.25, 0.3) is 5.91 Å². The maximum atomic E-state index is 14.4. The molecule has 0 bridgehead atoms. The van der Waals surface area contributed by atoms with Gasteiger partial charge in [0.15, 0.2) is 0 Å². The molecule has 1 aromatic rings. The maximum absolute atomic E-state index is 14.4. The van der Waals surface area contributed by atoms with Crippen molar-refractivity contribution >= 4 is 17.7 Å². The molecule has 3 atom stereocenters. The molecule has 2 unspecified atom stereocenters. The first-order chi connectivity index (χ1) is 17.3. The van der Waals surface area contributed by atoms with Gasteiger partial charge in [-0.3, -0.25) is 14.4 Å². The topological polar surface area (TPSA) is 90.5 Å². The number of hydrogen-bond donors (Lipinski definition) is 3. The van der Waals surface area contributed by atoms with Crippen molar-refractivity contribution in [1.82, 2.24) is 20.9 Å². The van der Waals surface area contributed by atoms with E-state index in [1.165, 1.54) is 11.0 Å². The Balaban J connectivity index is 1.66. The van der Waals surface area contributed by atoms with Crippen LogP contribution in [-0.2, 0) is 20.8 Å². The fourth-order valence-corrected chi connectivity index (χ4v) is 5.35. The second-order valence-electron chi connectivity index (χ2n) is 9.78. The third-order valence-corrected chi connectivity index (χ3v) is 7.52. The van der Waals surface area contributed by atoms with Gasteiger partial charge < -0.3 is 20.9 Å². The van der Waals surface area contributed by atoms with Crippen LogP contribution < -0.4 is 16.0 Å². The average molecular weight is 501 g/mol. The quantitative estimate of drug-likeness (QED) is 0.536. The van der Waals surface area contributed by atoms with Crippen LogP contribution in [0.1, 0.15) is 62.6 Å². The zero-order chi connectivity index (χ0) is 25.8. The van der Waals surface area contributed by atoms with Crippen molar-refractivity contribution in [2.24, 2.45) is 5.92 Å². The largest absolute Gasteiger partial charge is 0.343 e. The lowest BCUT2D eigenvalue weighted by atomic mass is 9.89. The summed E-state index contributed by atoms with van der Waals surface area (Å²) in [7, 11) is 1.67. The van der Waals surface area contributed by atoms with Gasteiger partial charge >= 0.3 is 0 Å². The molecular weight excluding hydrogens is 466 g/mol. The van der Waals surface area contributed by atoms with Gasteiger partial charge in [-0.25, -0.2) is 8.78 Å². The van der Waals surface area contributed by atoms with E-state index in [1.54, 1.807) is 26.1 Å². The lowest BCUT2D eigenvalue weighted by Crippen LogP contribution is -2.58. The zero-order valence-corrected chi connectivity index (χ0v) is 20.8. The third kappa shape index (κ3) is 5.36. The minimum absolute atomic E-state index is 0.00632. The van der Waals surface area contributed by atoms with Crippen LogP contribution in [0.4, 0.5) is 8.78 Å². The van der Waals surface area contributed by atoms with E-state index in [2.05, 4.69) is 16.0 Å². The Morgan fingerprint density at radius 3 is 2.50 bits per heavy atom. The molecule has 194 valence electrons. The van der Waals surface area contributed by atoms with E-state index in [9.17, 15) is 23.2 Å². The van der Waals surface area contributed by atoms with Gasteiger partial charge in [-0.2, -0.15) is 0 Å². The summed E-state index contributed by atoms with van der Waals surface area (Å²) in [6.07, 6.45) is 5.56. The number of allylic oxidation sites excluding steroid dienone is 3. The van der Waals surface area contributed by atoms with E-state index >= 15 is 0 Å². The molecule has 0 spiro atoms. The van der Waals surface area contributed by atoms with Crippen molar-refractivity contribution in [3.8, 4) is 0 Å². The molecule has 4 rings (SSSR count). The van der Waals surface area contributed by atoms with E-state index in [0.717, 1.165) is 31.2 Å². The number of nitrogens with one attached hydrogen (secondary N) is 3. The molecule has 36 heavy (non-hydrogen) atoms. The van der Waals surface area contributed by atoms with Crippen molar-refractivity contribution in [3.63, 3.8) is 0 Å². The lowest BCUT2D eigenvalue weighted by molar-refractivity contribution is -0.145. The second kappa shape index (κ2) is 11.3. The van der Waals surface area contributed by atoms with Crippen molar-refractivity contribution in [2.75, 3.05) is 13.6 Å². The molecule has 2 aliphatic carbocycles. The molecular formula is C27H34F2N4O3. The van der Waals surface area contributed by atoms with E-state index in [1.807, 2.05) is 12.1 Å². The minimum Gasteiger partial charge on any atom is -0.343 e. The Labute approximate surface area is 210 Å². The van der Waals surface area contributed by atoms with Crippen LogP contribution in [-0.4, -0.2) is 48.3 Å². The summed E-state index contributed by atoms with van der Waals surface area (Å²) >= 11 is 0. The van der Waals surface area contributed by atoms with Crippen LogP contribution in [0.25, 0.3) is 0 Å². The molecule has 0 radical (unpaired) electrons. The number of nitrogens with zero attached hydrogens (tertiary/aromatic N) is 1. The molecule has 3 amide bonds. The number of carbonyl (C=O) groups is 3. The Kier molecular flexibility index (Phi) is 8.18. The summed E-state index contributed by atoms with van der Waals surface area (Å²) in [6.45, 7) is 1.97. The molecule has 9 heteroatoms. The van der Waals surface area contributed by atoms with Gasteiger partial charge in [0.05, 0.1) is 6.04 Å². The Hall–Kier alpha value is -3.07. The van der Waals surface area contributed by atoms with Crippen molar-refractivity contribution < 1.29 is 23.2 Å². The Bertz CT molecular complexity index is 1080. The summed E-state index contributed by atoms with van der Waals surface area (Å²) in [6, 6.07) is 4.96. The van der Waals surface area contributed by atoms with Crippen LogP contribution in [0, 0.1) is 5.92 Å². The normalized spacial score (nSPS) is 21.9. The first-order valence-electron chi connectivity index (χ1n) is 12.7. The average Bonchev–Trinajstić information content (AvgIpc) is 3.42. The van der Waals surface area contributed by atoms with Crippen molar-refractivity contribution in [2.45, 2.75) is 70.0 Å².